The summed E-state index contributed by atoms with van der Waals surface area (Å²) in [6.45, 7) is 3.58. The van der Waals surface area contributed by atoms with Crippen LogP contribution >= 0.6 is 0 Å². The van der Waals surface area contributed by atoms with Crippen molar-refractivity contribution in [3.63, 3.8) is 0 Å². The average Bonchev–Trinajstić information content (AvgIpc) is 2.73. The van der Waals surface area contributed by atoms with E-state index in [0.29, 0.717) is 32.4 Å². The summed E-state index contributed by atoms with van der Waals surface area (Å²) in [5, 5.41) is 18.5. The summed E-state index contributed by atoms with van der Waals surface area (Å²) in [6.07, 6.45) is 3.41. The summed E-state index contributed by atoms with van der Waals surface area (Å²) in [4.78, 5) is 39.4. The minimum atomic E-state index is -0.781. The molecule has 7 nitrogen and oxygen atoms in total. The third-order valence-electron chi connectivity index (χ3n) is 6.63. The Morgan fingerprint density at radius 1 is 0.933 bits per heavy atom. The molecule has 0 bridgehead atoms. The van der Waals surface area contributed by atoms with Crippen molar-refractivity contribution in [2.45, 2.75) is 38.5 Å². The maximum absolute atomic E-state index is 12.8. The first-order valence-electron chi connectivity index (χ1n) is 10.9. The highest BCUT2D eigenvalue weighted by Gasteiger charge is 2.33. The van der Waals surface area contributed by atoms with Gasteiger partial charge in [0.1, 0.15) is 0 Å². The normalized spacial score (nSPS) is 23.3. The van der Waals surface area contributed by atoms with Gasteiger partial charge in [-0.2, -0.15) is 0 Å². The van der Waals surface area contributed by atoms with Gasteiger partial charge in [-0.25, -0.2) is 0 Å². The molecule has 0 aromatic heterocycles. The quantitative estimate of drug-likeness (QED) is 0.675. The van der Waals surface area contributed by atoms with Gasteiger partial charge in [-0.15, -0.1) is 0 Å². The Morgan fingerprint density at radius 2 is 1.63 bits per heavy atom. The van der Waals surface area contributed by atoms with E-state index in [-0.39, 0.29) is 30.1 Å². The molecule has 0 aliphatic carbocycles. The van der Waals surface area contributed by atoms with E-state index in [4.69, 9.17) is 5.11 Å². The minimum absolute atomic E-state index is 0.0832. The summed E-state index contributed by atoms with van der Waals surface area (Å²) in [5.74, 6) is -1.40. The Balaban J connectivity index is 1.55. The smallest absolute Gasteiger partial charge is 0.306 e. The number of benzene rings is 1. The van der Waals surface area contributed by atoms with Crippen molar-refractivity contribution in [1.82, 2.24) is 9.80 Å². The lowest BCUT2D eigenvalue weighted by Crippen LogP contribution is -2.46. The minimum Gasteiger partial charge on any atom is -0.481 e. The summed E-state index contributed by atoms with van der Waals surface area (Å²) in [7, 11) is 0. The maximum atomic E-state index is 12.8. The van der Waals surface area contributed by atoms with E-state index in [1.54, 1.807) is 0 Å². The molecular formula is C23H32N2O5. The Kier molecular flexibility index (Phi) is 7.85. The zero-order chi connectivity index (χ0) is 21.5. The Hall–Kier alpha value is -2.41. The number of piperidine rings is 2. The number of hydrogen-bond acceptors (Lipinski definition) is 4. The third kappa shape index (κ3) is 6.29. The van der Waals surface area contributed by atoms with Crippen molar-refractivity contribution < 1.29 is 24.6 Å². The van der Waals surface area contributed by atoms with Crippen LogP contribution in [0.5, 0.6) is 0 Å². The second-order valence-electron chi connectivity index (χ2n) is 8.65. The van der Waals surface area contributed by atoms with Gasteiger partial charge >= 0.3 is 11.9 Å². The van der Waals surface area contributed by atoms with Crippen molar-refractivity contribution in [2.75, 3.05) is 32.7 Å². The fourth-order valence-electron chi connectivity index (χ4n) is 4.76. The molecule has 2 atom stereocenters. The van der Waals surface area contributed by atoms with Crippen LogP contribution in [-0.4, -0.2) is 70.6 Å². The lowest BCUT2D eigenvalue weighted by molar-refractivity contribution is -0.143. The first-order chi connectivity index (χ1) is 14.4. The molecule has 0 unspecified atom stereocenters. The fourth-order valence-corrected chi connectivity index (χ4v) is 4.76. The van der Waals surface area contributed by atoms with Crippen molar-refractivity contribution in [3.8, 4) is 0 Å². The first-order valence-corrected chi connectivity index (χ1v) is 10.9. The van der Waals surface area contributed by atoms with Crippen molar-refractivity contribution in [2.24, 2.45) is 17.8 Å². The fraction of sp³-hybridized carbons (Fsp3) is 0.609. The maximum Gasteiger partial charge on any atom is 0.306 e. The van der Waals surface area contributed by atoms with E-state index < -0.39 is 11.9 Å². The molecule has 0 spiro atoms. The first kappa shape index (κ1) is 22.3. The largest absolute Gasteiger partial charge is 0.481 e. The van der Waals surface area contributed by atoms with Crippen LogP contribution in [0, 0.1) is 17.8 Å². The van der Waals surface area contributed by atoms with Gasteiger partial charge in [0.2, 0.25) is 5.91 Å². The number of aliphatic carboxylic acids is 2. The highest BCUT2D eigenvalue weighted by Crippen LogP contribution is 2.30. The number of amides is 1. The van der Waals surface area contributed by atoms with Crippen LogP contribution < -0.4 is 0 Å². The molecular weight excluding hydrogens is 384 g/mol. The molecule has 2 aliphatic heterocycles. The molecule has 0 radical (unpaired) electrons. The molecule has 1 aromatic rings. The van der Waals surface area contributed by atoms with Gasteiger partial charge in [-0.1, -0.05) is 30.3 Å². The number of carbonyl (C=O) groups is 3. The highest BCUT2D eigenvalue weighted by molar-refractivity contribution is 5.79. The second-order valence-corrected chi connectivity index (χ2v) is 8.65. The van der Waals surface area contributed by atoms with Gasteiger partial charge in [-0.05, 0) is 62.7 Å². The molecule has 2 fully saturated rings. The Morgan fingerprint density at radius 3 is 2.27 bits per heavy atom. The van der Waals surface area contributed by atoms with Gasteiger partial charge in [0.25, 0.3) is 0 Å². The van der Waals surface area contributed by atoms with Gasteiger partial charge < -0.3 is 20.0 Å². The number of carboxylic acids is 2. The van der Waals surface area contributed by atoms with Crippen LogP contribution in [0.15, 0.2) is 30.3 Å². The molecule has 2 saturated heterocycles. The zero-order valence-electron chi connectivity index (χ0n) is 17.4. The highest BCUT2D eigenvalue weighted by atomic mass is 16.4. The summed E-state index contributed by atoms with van der Waals surface area (Å²) in [5.41, 5.74) is 0.994. The SMILES string of the molecule is O=C(O)C[C@@H]1CCN(C(=O)Cc2ccccc2)C[C@@H]1CCN1CCC(C(=O)O)CC1. The van der Waals surface area contributed by atoms with Gasteiger partial charge in [-0.3, -0.25) is 14.4 Å². The third-order valence-corrected chi connectivity index (χ3v) is 6.63. The predicted molar refractivity (Wildman–Crippen MR) is 112 cm³/mol. The monoisotopic (exact) mass is 416 g/mol. The van der Waals surface area contributed by atoms with Crippen LogP contribution in [-0.2, 0) is 20.8 Å². The van der Waals surface area contributed by atoms with Crippen LogP contribution in [0.25, 0.3) is 0 Å². The second kappa shape index (κ2) is 10.6. The van der Waals surface area contributed by atoms with Crippen LogP contribution in [0.3, 0.4) is 0 Å². The van der Waals surface area contributed by atoms with E-state index >= 15 is 0 Å². The summed E-state index contributed by atoms with van der Waals surface area (Å²) < 4.78 is 0. The van der Waals surface area contributed by atoms with Crippen LogP contribution in [0.1, 0.15) is 37.7 Å². The lowest BCUT2D eigenvalue weighted by atomic mass is 9.80. The van der Waals surface area contributed by atoms with Crippen LogP contribution in [0.4, 0.5) is 0 Å². The number of likely N-dealkylation sites (tertiary alicyclic amines) is 2. The van der Waals surface area contributed by atoms with Gasteiger partial charge in [0.05, 0.1) is 12.3 Å². The molecule has 2 heterocycles. The van der Waals surface area contributed by atoms with Gasteiger partial charge in [0.15, 0.2) is 0 Å². The van der Waals surface area contributed by atoms with E-state index in [1.165, 1.54) is 0 Å². The molecule has 1 aromatic carbocycles. The average molecular weight is 417 g/mol. The number of carboxylic acid groups (broad SMARTS) is 2. The number of rotatable bonds is 8. The molecule has 7 heteroatoms. The summed E-state index contributed by atoms with van der Waals surface area (Å²) in [6, 6.07) is 9.69. The molecule has 3 rings (SSSR count). The predicted octanol–water partition coefficient (Wildman–Crippen LogP) is 2.36. The lowest BCUT2D eigenvalue weighted by Gasteiger charge is -2.39. The van der Waals surface area contributed by atoms with Crippen molar-refractivity contribution in [3.05, 3.63) is 35.9 Å². The molecule has 30 heavy (non-hydrogen) atoms. The van der Waals surface area contributed by atoms with Crippen molar-refractivity contribution >= 4 is 17.8 Å². The molecule has 164 valence electrons. The molecule has 1 amide bonds. The molecule has 0 saturated carbocycles. The molecule has 2 N–H and O–H groups in total. The number of hydrogen-bond donors (Lipinski definition) is 2. The molecule has 2 aliphatic rings. The summed E-state index contributed by atoms with van der Waals surface area (Å²) >= 11 is 0. The topological polar surface area (TPSA) is 98.2 Å². The van der Waals surface area contributed by atoms with Crippen LogP contribution in [0.2, 0.25) is 0 Å². The van der Waals surface area contributed by atoms with Crippen molar-refractivity contribution in [1.29, 1.82) is 0 Å². The number of carbonyl (C=O) groups excluding carboxylic acids is 1. The standard InChI is InChI=1S/C23H32N2O5/c26-21(14-17-4-2-1-3-5-17)25-13-9-19(15-22(27)28)20(16-25)8-12-24-10-6-18(7-11-24)23(29)30/h1-5,18-20H,6-16H2,(H,27,28)(H,29,30)/t19-,20-/m0/s1. The Labute approximate surface area is 177 Å². The van der Waals surface area contributed by atoms with E-state index in [9.17, 15) is 19.5 Å². The van der Waals surface area contributed by atoms with E-state index in [0.717, 1.165) is 38.0 Å². The Bertz CT molecular complexity index is 730. The number of nitrogens with zero attached hydrogens (tertiary/aromatic N) is 2. The van der Waals surface area contributed by atoms with Gasteiger partial charge in [0, 0.05) is 19.5 Å². The van der Waals surface area contributed by atoms with E-state index in [2.05, 4.69) is 4.90 Å². The zero-order valence-corrected chi connectivity index (χ0v) is 17.4. The van der Waals surface area contributed by atoms with E-state index in [1.807, 2.05) is 35.2 Å².